The summed E-state index contributed by atoms with van der Waals surface area (Å²) in [4.78, 5) is 15.3. The molecule has 0 bridgehead atoms. The van der Waals surface area contributed by atoms with Gasteiger partial charge < -0.3 is 4.90 Å². The van der Waals surface area contributed by atoms with Gasteiger partial charge in [0.25, 0.3) is 0 Å². The summed E-state index contributed by atoms with van der Waals surface area (Å²) in [6.07, 6.45) is 2.16. The molecule has 0 radical (unpaired) electrons. The molecule has 144 valence electrons. The van der Waals surface area contributed by atoms with Gasteiger partial charge in [-0.3, -0.25) is 9.36 Å². The van der Waals surface area contributed by atoms with Crippen LogP contribution in [0.5, 0.6) is 0 Å². The van der Waals surface area contributed by atoms with E-state index in [9.17, 15) is 4.79 Å². The number of rotatable bonds is 5. The molecule has 1 fully saturated rings. The molecule has 4 rings (SSSR count). The molecule has 0 N–H and O–H groups in total. The molecule has 1 aliphatic heterocycles. The van der Waals surface area contributed by atoms with E-state index in [0.717, 1.165) is 48.2 Å². The third kappa shape index (κ3) is 3.83. The maximum atomic E-state index is 13.3. The highest BCUT2D eigenvalue weighted by Crippen LogP contribution is 2.37. The number of likely N-dealkylation sites (tertiary alicyclic amines) is 1. The molecule has 1 aliphatic rings. The molecule has 1 aromatic heterocycles. The maximum absolute atomic E-state index is 13.3. The van der Waals surface area contributed by atoms with Crippen molar-refractivity contribution in [3.8, 4) is 5.69 Å². The zero-order valence-corrected chi connectivity index (χ0v) is 17.0. The molecule has 0 spiro atoms. The number of hydrogen-bond acceptors (Lipinski definition) is 4. The van der Waals surface area contributed by atoms with Crippen LogP contribution in [0.2, 0.25) is 0 Å². The Hall–Kier alpha value is -2.60. The molecule has 28 heavy (non-hydrogen) atoms. The van der Waals surface area contributed by atoms with Crippen molar-refractivity contribution >= 4 is 17.7 Å². The summed E-state index contributed by atoms with van der Waals surface area (Å²) in [7, 11) is 0. The van der Waals surface area contributed by atoms with Crippen LogP contribution in [-0.4, -0.2) is 38.7 Å². The van der Waals surface area contributed by atoms with Gasteiger partial charge in [0.15, 0.2) is 5.16 Å². The predicted molar refractivity (Wildman–Crippen MR) is 112 cm³/mol. The summed E-state index contributed by atoms with van der Waals surface area (Å²) in [5.74, 6) is 0.971. The molecule has 0 saturated carbocycles. The molecular weight excluding hydrogens is 368 g/mol. The summed E-state index contributed by atoms with van der Waals surface area (Å²) in [6.45, 7) is 5.69. The number of carbonyl (C=O) groups excluding carboxylic acids is 1. The monoisotopic (exact) mass is 392 g/mol. The fraction of sp³-hybridized carbons (Fsp3) is 0.318. The lowest BCUT2D eigenvalue weighted by atomic mass is 10.1. The quantitative estimate of drug-likeness (QED) is 0.606. The van der Waals surface area contributed by atoms with Gasteiger partial charge in [-0.2, -0.15) is 0 Å². The Labute approximate surface area is 169 Å². The molecule has 1 amide bonds. The lowest BCUT2D eigenvalue weighted by Gasteiger charge is -2.23. The molecule has 3 aromatic rings. The van der Waals surface area contributed by atoms with E-state index in [4.69, 9.17) is 0 Å². The predicted octanol–water partition coefficient (Wildman–Crippen LogP) is 4.34. The van der Waals surface area contributed by atoms with Crippen LogP contribution >= 0.6 is 11.8 Å². The highest BCUT2D eigenvalue weighted by Gasteiger charge is 2.30. The first kappa shape index (κ1) is 18.7. The Balaban J connectivity index is 1.71. The lowest BCUT2D eigenvalue weighted by Crippen LogP contribution is -2.31. The first-order chi connectivity index (χ1) is 13.6. The maximum Gasteiger partial charge on any atom is 0.240 e. The van der Waals surface area contributed by atoms with Crippen molar-refractivity contribution in [2.75, 3.05) is 13.1 Å². The van der Waals surface area contributed by atoms with E-state index in [-0.39, 0.29) is 11.2 Å². The first-order valence-corrected chi connectivity index (χ1v) is 10.5. The second-order valence-electron chi connectivity index (χ2n) is 7.15. The zero-order chi connectivity index (χ0) is 19.5. The minimum atomic E-state index is -0.327. The van der Waals surface area contributed by atoms with Crippen LogP contribution in [0, 0.1) is 13.8 Å². The van der Waals surface area contributed by atoms with Crippen molar-refractivity contribution in [3.05, 3.63) is 71.5 Å². The molecule has 1 saturated heterocycles. The van der Waals surface area contributed by atoms with Crippen molar-refractivity contribution in [3.63, 3.8) is 0 Å². The van der Waals surface area contributed by atoms with Crippen molar-refractivity contribution in [2.45, 2.75) is 37.1 Å². The molecule has 1 atom stereocenters. The van der Waals surface area contributed by atoms with Crippen molar-refractivity contribution in [1.29, 1.82) is 0 Å². The van der Waals surface area contributed by atoms with Crippen LogP contribution in [0.4, 0.5) is 0 Å². The number of amides is 1. The Morgan fingerprint density at radius 3 is 2.46 bits per heavy atom. The minimum Gasteiger partial charge on any atom is -0.341 e. The normalized spacial score (nSPS) is 15.0. The number of aryl methyl sites for hydroxylation is 2. The summed E-state index contributed by atoms with van der Waals surface area (Å²) in [5.41, 5.74) is 3.19. The third-order valence-electron chi connectivity index (χ3n) is 5.02. The minimum absolute atomic E-state index is 0.158. The number of aromatic nitrogens is 3. The Kier molecular flexibility index (Phi) is 5.48. The number of benzene rings is 2. The molecule has 2 heterocycles. The summed E-state index contributed by atoms with van der Waals surface area (Å²) < 4.78 is 2.03. The van der Waals surface area contributed by atoms with Gasteiger partial charge in [0.1, 0.15) is 11.1 Å². The van der Waals surface area contributed by atoms with Crippen LogP contribution in [0.3, 0.4) is 0 Å². The topological polar surface area (TPSA) is 51.0 Å². The molecule has 6 heteroatoms. The second-order valence-corrected chi connectivity index (χ2v) is 8.22. The van der Waals surface area contributed by atoms with Gasteiger partial charge in [-0.05, 0) is 49.9 Å². The van der Waals surface area contributed by atoms with E-state index in [0.29, 0.717) is 0 Å². The van der Waals surface area contributed by atoms with Crippen LogP contribution in [0.25, 0.3) is 5.69 Å². The molecule has 0 aliphatic carbocycles. The second kappa shape index (κ2) is 8.19. The number of hydrogen-bond donors (Lipinski definition) is 0. The van der Waals surface area contributed by atoms with Gasteiger partial charge in [0, 0.05) is 18.8 Å². The average Bonchev–Trinajstić information content (AvgIpc) is 3.36. The Morgan fingerprint density at radius 2 is 1.75 bits per heavy atom. The van der Waals surface area contributed by atoms with Crippen molar-refractivity contribution in [1.82, 2.24) is 19.7 Å². The van der Waals surface area contributed by atoms with Crippen LogP contribution in [0.15, 0.2) is 59.8 Å². The summed E-state index contributed by atoms with van der Waals surface area (Å²) in [6, 6.07) is 18.2. The summed E-state index contributed by atoms with van der Waals surface area (Å²) >= 11 is 1.48. The van der Waals surface area contributed by atoms with E-state index >= 15 is 0 Å². The van der Waals surface area contributed by atoms with Gasteiger partial charge in [0.2, 0.25) is 5.91 Å². The Bertz CT molecular complexity index is 964. The SMILES string of the molecule is Cc1cccc(-n2c(C)nnc2S[C@@H](C(=O)N2CCCC2)c2ccccc2)c1. The van der Waals surface area contributed by atoms with Gasteiger partial charge in [-0.25, -0.2) is 0 Å². The van der Waals surface area contributed by atoms with Gasteiger partial charge in [-0.15, -0.1) is 10.2 Å². The fourth-order valence-corrected chi connectivity index (χ4v) is 4.77. The van der Waals surface area contributed by atoms with E-state index in [1.54, 1.807) is 0 Å². The van der Waals surface area contributed by atoms with Gasteiger partial charge in [0.05, 0.1) is 0 Å². The lowest BCUT2D eigenvalue weighted by molar-refractivity contribution is -0.129. The number of thioether (sulfide) groups is 1. The number of carbonyl (C=O) groups is 1. The van der Waals surface area contributed by atoms with Crippen LogP contribution in [-0.2, 0) is 4.79 Å². The third-order valence-corrected chi connectivity index (χ3v) is 6.21. The number of nitrogens with zero attached hydrogens (tertiary/aromatic N) is 4. The Morgan fingerprint density at radius 1 is 1.00 bits per heavy atom. The molecule has 2 aromatic carbocycles. The van der Waals surface area contributed by atoms with Gasteiger partial charge in [-0.1, -0.05) is 54.2 Å². The molecule has 0 unspecified atom stereocenters. The van der Waals surface area contributed by atoms with E-state index < -0.39 is 0 Å². The largest absolute Gasteiger partial charge is 0.341 e. The zero-order valence-electron chi connectivity index (χ0n) is 16.2. The first-order valence-electron chi connectivity index (χ1n) is 9.63. The average molecular weight is 393 g/mol. The molecule has 5 nitrogen and oxygen atoms in total. The fourth-order valence-electron chi connectivity index (χ4n) is 3.58. The smallest absolute Gasteiger partial charge is 0.240 e. The summed E-state index contributed by atoms with van der Waals surface area (Å²) in [5, 5.41) is 9.11. The molecular formula is C22H24N4OS. The van der Waals surface area contributed by atoms with Crippen LogP contribution < -0.4 is 0 Å². The van der Waals surface area contributed by atoms with E-state index in [1.165, 1.54) is 17.3 Å². The van der Waals surface area contributed by atoms with Crippen LogP contribution in [0.1, 0.15) is 35.0 Å². The van der Waals surface area contributed by atoms with Crippen molar-refractivity contribution < 1.29 is 4.79 Å². The van der Waals surface area contributed by atoms with E-state index in [1.807, 2.05) is 58.9 Å². The van der Waals surface area contributed by atoms with E-state index in [2.05, 4.69) is 29.3 Å². The van der Waals surface area contributed by atoms with Gasteiger partial charge >= 0.3 is 0 Å². The highest BCUT2D eigenvalue weighted by molar-refractivity contribution is 8.00. The highest BCUT2D eigenvalue weighted by atomic mass is 32.2. The van der Waals surface area contributed by atoms with Crippen molar-refractivity contribution in [2.24, 2.45) is 0 Å². The standard InChI is InChI=1S/C22H24N4OS/c1-16-9-8-12-19(15-16)26-17(2)23-24-22(26)28-20(18-10-4-3-5-11-18)21(27)25-13-6-7-14-25/h3-5,8-12,15,20H,6-7,13-14H2,1-2H3/t20-/m1/s1.